The molecule has 2 heterocycles. The third-order valence-electron chi connectivity index (χ3n) is 4.88. The lowest BCUT2D eigenvalue weighted by molar-refractivity contribution is -0.190. The number of piperidine rings is 1. The van der Waals surface area contributed by atoms with Crippen molar-refractivity contribution in [3.8, 4) is 0 Å². The third-order valence-corrected chi connectivity index (χ3v) is 5.52. The maximum Gasteiger partial charge on any atom is 0.416 e. The van der Waals surface area contributed by atoms with Gasteiger partial charge in [0.05, 0.1) is 17.4 Å². The van der Waals surface area contributed by atoms with Crippen LogP contribution in [0.1, 0.15) is 22.5 Å². The van der Waals surface area contributed by atoms with Gasteiger partial charge in [-0.05, 0) is 37.7 Å². The van der Waals surface area contributed by atoms with E-state index in [2.05, 4.69) is 20.2 Å². The molecule has 2 aromatic rings. The lowest BCUT2D eigenvalue weighted by atomic mass is 9.88. The minimum atomic E-state index is -4.53. The SMILES string of the molecule is CN1CC(C(=O)Nc2snnc2C(=O)Nc2ccc(C(F)(F)F)cc2)CC(C(F)(F)F)C1. The second-order valence-corrected chi connectivity index (χ2v) is 8.12. The Morgan fingerprint density at radius 1 is 1.06 bits per heavy atom. The second-order valence-electron chi connectivity index (χ2n) is 7.36. The fourth-order valence-electron chi connectivity index (χ4n) is 3.31. The average molecular weight is 481 g/mol. The van der Waals surface area contributed by atoms with Crippen LogP contribution in [0.25, 0.3) is 0 Å². The summed E-state index contributed by atoms with van der Waals surface area (Å²) >= 11 is 0.655. The summed E-state index contributed by atoms with van der Waals surface area (Å²) in [5.74, 6) is -4.17. The molecule has 0 bridgehead atoms. The molecule has 14 heteroatoms. The van der Waals surface area contributed by atoms with E-state index in [1.54, 1.807) is 0 Å². The van der Waals surface area contributed by atoms with E-state index in [0.717, 1.165) is 24.3 Å². The molecule has 2 unspecified atom stereocenters. The number of hydrogen-bond donors (Lipinski definition) is 2. The van der Waals surface area contributed by atoms with Crippen LogP contribution in [0.4, 0.5) is 37.0 Å². The largest absolute Gasteiger partial charge is 0.416 e. The molecule has 174 valence electrons. The molecular weight excluding hydrogens is 464 g/mol. The van der Waals surface area contributed by atoms with Crippen LogP contribution in [0.5, 0.6) is 0 Å². The molecule has 32 heavy (non-hydrogen) atoms. The number of benzene rings is 1. The Kier molecular flexibility index (Phi) is 6.74. The molecular formula is C18H17F6N5O2S. The van der Waals surface area contributed by atoms with Gasteiger partial charge in [0.25, 0.3) is 5.91 Å². The highest BCUT2D eigenvalue weighted by Gasteiger charge is 2.45. The van der Waals surface area contributed by atoms with E-state index in [9.17, 15) is 35.9 Å². The van der Waals surface area contributed by atoms with Gasteiger partial charge in [0.1, 0.15) is 5.00 Å². The Morgan fingerprint density at radius 3 is 2.31 bits per heavy atom. The van der Waals surface area contributed by atoms with Crippen molar-refractivity contribution in [2.45, 2.75) is 18.8 Å². The number of aromatic nitrogens is 2. The fraction of sp³-hybridized carbons (Fsp3) is 0.444. The first-order valence-electron chi connectivity index (χ1n) is 9.21. The zero-order valence-corrected chi connectivity index (χ0v) is 17.2. The predicted octanol–water partition coefficient (Wildman–Crippen LogP) is 3.88. The molecule has 1 saturated heterocycles. The van der Waals surface area contributed by atoms with Gasteiger partial charge in [-0.25, -0.2) is 0 Å². The van der Waals surface area contributed by atoms with Gasteiger partial charge in [-0.2, -0.15) is 26.3 Å². The summed E-state index contributed by atoms with van der Waals surface area (Å²) < 4.78 is 80.8. The van der Waals surface area contributed by atoms with Crippen LogP contribution in [-0.2, 0) is 11.0 Å². The number of anilines is 2. The number of rotatable bonds is 4. The number of hydrogen-bond acceptors (Lipinski definition) is 6. The highest BCUT2D eigenvalue weighted by molar-refractivity contribution is 7.10. The minimum absolute atomic E-state index is 0.0511. The van der Waals surface area contributed by atoms with Crippen LogP contribution in [0, 0.1) is 11.8 Å². The van der Waals surface area contributed by atoms with E-state index in [-0.39, 0.29) is 35.9 Å². The highest BCUT2D eigenvalue weighted by Crippen LogP contribution is 2.35. The first-order chi connectivity index (χ1) is 14.8. The Hall–Kier alpha value is -2.74. The van der Waals surface area contributed by atoms with Crippen LogP contribution < -0.4 is 10.6 Å². The van der Waals surface area contributed by atoms with Crippen LogP contribution >= 0.6 is 11.5 Å². The van der Waals surface area contributed by atoms with Gasteiger partial charge in [0, 0.05) is 30.3 Å². The summed E-state index contributed by atoms with van der Waals surface area (Å²) in [6.07, 6.45) is -9.36. The van der Waals surface area contributed by atoms with Crippen LogP contribution in [0.3, 0.4) is 0 Å². The van der Waals surface area contributed by atoms with Crippen LogP contribution in [-0.4, -0.2) is 52.6 Å². The average Bonchev–Trinajstić information content (AvgIpc) is 3.14. The van der Waals surface area contributed by atoms with Crippen LogP contribution in [0.2, 0.25) is 0 Å². The van der Waals surface area contributed by atoms with Gasteiger partial charge in [-0.1, -0.05) is 4.49 Å². The molecule has 1 aliphatic rings. The summed E-state index contributed by atoms with van der Waals surface area (Å²) in [4.78, 5) is 26.4. The quantitative estimate of drug-likeness (QED) is 0.648. The molecule has 2 atom stereocenters. The molecule has 2 amide bonds. The van der Waals surface area contributed by atoms with E-state index in [1.165, 1.54) is 11.9 Å². The lowest BCUT2D eigenvalue weighted by Gasteiger charge is -2.35. The van der Waals surface area contributed by atoms with Crippen LogP contribution in [0.15, 0.2) is 24.3 Å². The van der Waals surface area contributed by atoms with E-state index < -0.39 is 41.6 Å². The van der Waals surface area contributed by atoms with Crippen molar-refractivity contribution >= 4 is 34.0 Å². The van der Waals surface area contributed by atoms with Crippen molar-refractivity contribution in [2.24, 2.45) is 11.8 Å². The van der Waals surface area contributed by atoms with Gasteiger partial charge < -0.3 is 15.5 Å². The van der Waals surface area contributed by atoms with E-state index in [0.29, 0.717) is 11.5 Å². The maximum atomic E-state index is 13.1. The van der Waals surface area contributed by atoms with Crippen molar-refractivity contribution in [1.29, 1.82) is 0 Å². The molecule has 1 aliphatic heterocycles. The Morgan fingerprint density at radius 2 is 1.72 bits per heavy atom. The highest BCUT2D eigenvalue weighted by atomic mass is 32.1. The molecule has 0 aliphatic carbocycles. The van der Waals surface area contributed by atoms with E-state index in [1.807, 2.05) is 0 Å². The molecule has 1 aromatic carbocycles. The van der Waals surface area contributed by atoms with Gasteiger partial charge in [0.2, 0.25) is 5.91 Å². The second kappa shape index (κ2) is 9.02. The van der Waals surface area contributed by atoms with Crippen molar-refractivity contribution in [3.63, 3.8) is 0 Å². The first-order valence-corrected chi connectivity index (χ1v) is 9.99. The molecule has 1 aromatic heterocycles. The van der Waals surface area contributed by atoms with E-state index in [4.69, 9.17) is 0 Å². The molecule has 0 saturated carbocycles. The third kappa shape index (κ3) is 5.73. The number of nitrogens with zero attached hydrogens (tertiary/aromatic N) is 3. The van der Waals surface area contributed by atoms with Crippen molar-refractivity contribution in [2.75, 3.05) is 30.8 Å². The minimum Gasteiger partial charge on any atom is -0.321 e. The van der Waals surface area contributed by atoms with Gasteiger partial charge >= 0.3 is 12.4 Å². The normalized spacial score (nSPS) is 20.1. The summed E-state index contributed by atoms with van der Waals surface area (Å²) in [5, 5.41) is 8.27. The standard InChI is InChI=1S/C18H17F6N5O2S/c1-29-7-9(6-11(8-29)18(22,23)24)14(30)26-16-13(27-28-32-16)15(31)25-12-4-2-10(3-5-12)17(19,20)21/h2-5,9,11H,6-8H2,1H3,(H,25,31)(H,26,30). The lowest BCUT2D eigenvalue weighted by Crippen LogP contribution is -2.47. The zero-order chi connectivity index (χ0) is 23.7. The molecule has 3 rings (SSSR count). The van der Waals surface area contributed by atoms with Gasteiger partial charge in [0.15, 0.2) is 5.69 Å². The molecule has 7 nitrogen and oxygen atoms in total. The Balaban J connectivity index is 1.67. The Labute approximate surface area is 181 Å². The first kappa shape index (κ1) is 23.9. The van der Waals surface area contributed by atoms with Gasteiger partial charge in [-0.3, -0.25) is 9.59 Å². The number of likely N-dealkylation sites (tertiary alicyclic amines) is 1. The van der Waals surface area contributed by atoms with Crippen molar-refractivity contribution < 1.29 is 35.9 Å². The Bertz CT molecular complexity index is 975. The van der Waals surface area contributed by atoms with E-state index >= 15 is 0 Å². The molecule has 0 spiro atoms. The smallest absolute Gasteiger partial charge is 0.321 e. The van der Waals surface area contributed by atoms with Gasteiger partial charge in [-0.15, -0.1) is 5.10 Å². The molecule has 2 N–H and O–H groups in total. The monoisotopic (exact) mass is 481 g/mol. The summed E-state index contributed by atoms with van der Waals surface area (Å²) in [7, 11) is 1.48. The number of carbonyl (C=O) groups is 2. The number of nitrogens with one attached hydrogen (secondary N) is 2. The number of carbonyl (C=O) groups excluding carboxylic acids is 2. The maximum absolute atomic E-state index is 13.1. The number of alkyl halides is 6. The van der Waals surface area contributed by atoms with Crippen molar-refractivity contribution in [1.82, 2.24) is 14.5 Å². The predicted molar refractivity (Wildman–Crippen MR) is 103 cm³/mol. The molecule has 1 fully saturated rings. The molecule has 0 radical (unpaired) electrons. The fourth-order valence-corrected chi connectivity index (χ4v) is 3.88. The summed E-state index contributed by atoms with van der Waals surface area (Å²) in [5.41, 5.74) is -1.15. The zero-order valence-electron chi connectivity index (χ0n) is 16.4. The van der Waals surface area contributed by atoms with Crippen molar-refractivity contribution in [3.05, 3.63) is 35.5 Å². The summed E-state index contributed by atoms with van der Waals surface area (Å²) in [6.45, 7) is -0.103. The topological polar surface area (TPSA) is 87.2 Å². The number of amides is 2. The summed E-state index contributed by atoms with van der Waals surface area (Å²) in [6, 6.07) is 3.67. The number of halogens is 6.